The van der Waals surface area contributed by atoms with E-state index in [1.165, 1.54) is 0 Å². The van der Waals surface area contributed by atoms with Crippen molar-refractivity contribution in [1.29, 1.82) is 0 Å². The van der Waals surface area contributed by atoms with E-state index in [4.69, 9.17) is 20.6 Å². The Morgan fingerprint density at radius 2 is 2.00 bits per heavy atom. The van der Waals surface area contributed by atoms with Gasteiger partial charge < -0.3 is 15.8 Å². The van der Waals surface area contributed by atoms with Crippen LogP contribution in [0.4, 0.5) is 11.4 Å². The van der Waals surface area contributed by atoms with E-state index in [0.29, 0.717) is 28.6 Å². The van der Waals surface area contributed by atoms with Crippen LogP contribution in [0.25, 0.3) is 11.0 Å². The lowest BCUT2D eigenvalue weighted by Gasteiger charge is -2.20. The van der Waals surface area contributed by atoms with Crippen LogP contribution in [0, 0.1) is 6.92 Å². The highest BCUT2D eigenvalue weighted by Crippen LogP contribution is 2.41. The van der Waals surface area contributed by atoms with Crippen LogP contribution in [0.3, 0.4) is 0 Å². The summed E-state index contributed by atoms with van der Waals surface area (Å²) >= 11 is 0. The number of methoxy groups -OCH3 is 1. The number of nitrogen functional groups attached to an aromatic ring is 1. The Kier molecular flexibility index (Phi) is 4.48. The molecule has 0 radical (unpaired) electrons. The highest BCUT2D eigenvalue weighted by Gasteiger charge is 2.30. The van der Waals surface area contributed by atoms with Gasteiger partial charge in [0, 0.05) is 17.7 Å². The number of hydrogen-bond donors (Lipinski definition) is 2. The molecule has 3 N–H and O–H groups in total. The predicted molar refractivity (Wildman–Crippen MR) is 115 cm³/mol. The average Bonchev–Trinajstić information content (AvgIpc) is 3.46. The third kappa shape index (κ3) is 3.52. The molecule has 1 saturated carbocycles. The molecule has 7 nitrogen and oxygen atoms in total. The molecule has 0 unspecified atom stereocenters. The Bertz CT molecular complexity index is 1110. The molecule has 3 aromatic rings. The van der Waals surface area contributed by atoms with E-state index < -0.39 is 0 Å². The molecule has 4 rings (SSSR count). The third-order valence-electron chi connectivity index (χ3n) is 5.22. The molecule has 1 aromatic carbocycles. The van der Waals surface area contributed by atoms with Crippen molar-refractivity contribution >= 4 is 28.3 Å². The molecule has 1 amide bonds. The van der Waals surface area contributed by atoms with Gasteiger partial charge in [-0.15, -0.1) is 0 Å². The summed E-state index contributed by atoms with van der Waals surface area (Å²) in [7, 11) is 1.58. The van der Waals surface area contributed by atoms with Gasteiger partial charge in [-0.3, -0.25) is 4.79 Å². The number of fused-ring (bicyclic) bond motifs is 1. The largest absolute Gasteiger partial charge is 0.497 e. The summed E-state index contributed by atoms with van der Waals surface area (Å²) in [5.41, 5.74) is 9.89. The second kappa shape index (κ2) is 6.76. The van der Waals surface area contributed by atoms with E-state index in [1.54, 1.807) is 25.3 Å². The number of benzene rings is 1. The summed E-state index contributed by atoms with van der Waals surface area (Å²) in [6, 6.07) is 7.11. The van der Waals surface area contributed by atoms with Crippen molar-refractivity contribution in [1.82, 2.24) is 14.8 Å². The number of nitrogens with two attached hydrogens (primary N) is 1. The number of aromatic nitrogens is 3. The van der Waals surface area contributed by atoms with Crippen LogP contribution in [-0.2, 0) is 5.54 Å². The maximum absolute atomic E-state index is 13.3. The molecule has 1 aliphatic rings. The number of anilines is 2. The smallest absolute Gasteiger partial charge is 0.256 e. The fraction of sp³-hybridized carbons (Fsp3) is 0.409. The van der Waals surface area contributed by atoms with E-state index >= 15 is 0 Å². The maximum atomic E-state index is 13.3. The standard InChI is InChI=1S/C22H27N5O2/c1-12-19-15(21(28)25-18-10-14(29-5)8-9-16(18)23)11-17(13-6-7-13)24-20(19)27(26-12)22(2,3)4/h8-11,13H,6-7,23H2,1-5H3,(H,25,28). The molecule has 0 aliphatic heterocycles. The zero-order valence-corrected chi connectivity index (χ0v) is 17.5. The second-order valence-corrected chi connectivity index (χ2v) is 8.64. The lowest BCUT2D eigenvalue weighted by atomic mass is 10.1. The summed E-state index contributed by atoms with van der Waals surface area (Å²) in [5.74, 6) is 0.817. The Balaban J connectivity index is 1.84. The fourth-order valence-corrected chi connectivity index (χ4v) is 3.50. The number of pyridine rings is 1. The minimum atomic E-state index is -0.243. The van der Waals surface area contributed by atoms with Gasteiger partial charge in [-0.05, 0) is 58.7 Å². The Labute approximate surface area is 170 Å². The van der Waals surface area contributed by atoms with Gasteiger partial charge in [-0.1, -0.05) is 0 Å². The van der Waals surface area contributed by atoms with E-state index in [2.05, 4.69) is 26.1 Å². The highest BCUT2D eigenvalue weighted by molar-refractivity contribution is 6.13. The minimum absolute atomic E-state index is 0.226. The lowest BCUT2D eigenvalue weighted by Crippen LogP contribution is -2.24. The summed E-state index contributed by atoms with van der Waals surface area (Å²) in [6.07, 6.45) is 2.20. The van der Waals surface area contributed by atoms with Gasteiger partial charge in [0.25, 0.3) is 5.91 Å². The molecule has 0 bridgehead atoms. The van der Waals surface area contributed by atoms with Crippen LogP contribution in [0.1, 0.15) is 61.3 Å². The second-order valence-electron chi connectivity index (χ2n) is 8.64. The molecule has 0 saturated heterocycles. The van der Waals surface area contributed by atoms with Crippen molar-refractivity contribution in [2.24, 2.45) is 0 Å². The van der Waals surface area contributed by atoms with Crippen molar-refractivity contribution in [3.05, 3.63) is 41.2 Å². The third-order valence-corrected chi connectivity index (χ3v) is 5.22. The average molecular weight is 393 g/mol. The highest BCUT2D eigenvalue weighted by atomic mass is 16.5. The molecule has 2 heterocycles. The normalized spacial score (nSPS) is 14.2. The monoisotopic (exact) mass is 393 g/mol. The Morgan fingerprint density at radius 1 is 1.28 bits per heavy atom. The van der Waals surface area contributed by atoms with E-state index in [-0.39, 0.29) is 11.4 Å². The van der Waals surface area contributed by atoms with E-state index in [9.17, 15) is 4.79 Å². The fourth-order valence-electron chi connectivity index (χ4n) is 3.50. The summed E-state index contributed by atoms with van der Waals surface area (Å²) in [4.78, 5) is 18.2. The number of nitrogens with one attached hydrogen (secondary N) is 1. The molecule has 1 aliphatic carbocycles. The first kappa shape index (κ1) is 19.2. The first-order valence-electron chi connectivity index (χ1n) is 9.84. The minimum Gasteiger partial charge on any atom is -0.497 e. The van der Waals surface area contributed by atoms with Gasteiger partial charge in [0.2, 0.25) is 0 Å². The molecule has 152 valence electrons. The van der Waals surface area contributed by atoms with Crippen LogP contribution < -0.4 is 15.8 Å². The molecular weight excluding hydrogens is 366 g/mol. The van der Waals surface area contributed by atoms with Gasteiger partial charge in [0.15, 0.2) is 5.65 Å². The van der Waals surface area contributed by atoms with Crippen molar-refractivity contribution in [2.75, 3.05) is 18.2 Å². The summed E-state index contributed by atoms with van der Waals surface area (Å²) in [6.45, 7) is 8.17. The predicted octanol–water partition coefficient (Wildman–Crippen LogP) is 4.22. The molecule has 29 heavy (non-hydrogen) atoms. The summed E-state index contributed by atoms with van der Waals surface area (Å²) in [5, 5.41) is 8.43. The lowest BCUT2D eigenvalue weighted by molar-refractivity contribution is 0.102. The first-order chi connectivity index (χ1) is 13.7. The maximum Gasteiger partial charge on any atom is 0.256 e. The number of hydrogen-bond acceptors (Lipinski definition) is 5. The van der Waals surface area contributed by atoms with Crippen molar-refractivity contribution in [3.8, 4) is 5.75 Å². The Morgan fingerprint density at radius 3 is 2.62 bits per heavy atom. The SMILES string of the molecule is COc1ccc(N)c(NC(=O)c2cc(C3CC3)nc3c2c(C)nn3C(C)(C)C)c1. The van der Waals surface area contributed by atoms with Gasteiger partial charge in [0.1, 0.15) is 5.75 Å². The van der Waals surface area contributed by atoms with E-state index in [0.717, 1.165) is 35.3 Å². The van der Waals surface area contributed by atoms with Crippen molar-refractivity contribution in [3.63, 3.8) is 0 Å². The van der Waals surface area contributed by atoms with Crippen molar-refractivity contribution < 1.29 is 9.53 Å². The Hall–Kier alpha value is -3.09. The number of carbonyl (C=O) groups is 1. The molecule has 0 spiro atoms. The van der Waals surface area contributed by atoms with Gasteiger partial charge in [-0.2, -0.15) is 5.10 Å². The number of aryl methyl sites for hydroxylation is 1. The summed E-state index contributed by atoms with van der Waals surface area (Å²) < 4.78 is 7.17. The number of rotatable bonds is 4. The van der Waals surface area contributed by atoms with E-state index in [1.807, 2.05) is 17.7 Å². The van der Waals surface area contributed by atoms with Crippen molar-refractivity contribution in [2.45, 2.75) is 52.0 Å². The van der Waals surface area contributed by atoms with Crippen LogP contribution >= 0.6 is 0 Å². The molecular formula is C22H27N5O2. The van der Waals surface area contributed by atoms with Crippen LogP contribution in [0.2, 0.25) is 0 Å². The zero-order valence-electron chi connectivity index (χ0n) is 17.5. The van der Waals surface area contributed by atoms with Crippen LogP contribution in [0.5, 0.6) is 5.75 Å². The molecule has 0 atom stereocenters. The molecule has 7 heteroatoms. The number of carbonyl (C=O) groups excluding carboxylic acids is 1. The molecule has 1 fully saturated rings. The van der Waals surface area contributed by atoms with Crippen LogP contribution in [-0.4, -0.2) is 27.8 Å². The first-order valence-corrected chi connectivity index (χ1v) is 9.84. The van der Waals surface area contributed by atoms with Gasteiger partial charge in [-0.25, -0.2) is 9.67 Å². The van der Waals surface area contributed by atoms with Gasteiger partial charge >= 0.3 is 0 Å². The zero-order chi connectivity index (χ0) is 20.9. The molecule has 2 aromatic heterocycles. The number of nitrogens with zero attached hydrogens (tertiary/aromatic N) is 3. The number of ether oxygens (including phenoxy) is 1. The van der Waals surface area contributed by atoms with Gasteiger partial charge in [0.05, 0.1) is 40.7 Å². The number of amides is 1. The quantitative estimate of drug-likeness (QED) is 0.647. The topological polar surface area (TPSA) is 95.1 Å². The van der Waals surface area contributed by atoms with Crippen LogP contribution in [0.15, 0.2) is 24.3 Å².